The fraction of sp³-hybridized carbons (Fsp3) is 0. The molecule has 0 saturated carbocycles. The Morgan fingerprint density at radius 1 is 0.438 bits per heavy atom. The maximum absolute atomic E-state index is 6.58. The van der Waals surface area contributed by atoms with E-state index in [1.54, 1.807) is 0 Å². The van der Waals surface area contributed by atoms with Gasteiger partial charge in [-0.15, -0.1) is 0 Å². The zero-order chi connectivity index (χ0) is 21.1. The standard InChI is InChI=1S/C30H19NO/c1-2-8-19(9-3-1)21-11-6-13-25-26-14-7-12-22(30(26)32-29(21)25)20-16-17-24-23-10-4-5-15-27(23)31-28(24)18-20/h1-18,31H. The summed E-state index contributed by atoms with van der Waals surface area (Å²) in [6, 6.07) is 38.3. The van der Waals surface area contributed by atoms with Crippen LogP contribution >= 0.6 is 0 Å². The third kappa shape index (κ3) is 2.47. The van der Waals surface area contributed by atoms with Crippen molar-refractivity contribution in [1.29, 1.82) is 0 Å². The number of hydrogen-bond donors (Lipinski definition) is 1. The fourth-order valence-corrected chi connectivity index (χ4v) is 4.91. The lowest BCUT2D eigenvalue weighted by Gasteiger charge is -2.03. The predicted molar refractivity (Wildman–Crippen MR) is 134 cm³/mol. The number of H-pyrrole nitrogens is 1. The number of aromatic nitrogens is 1. The maximum Gasteiger partial charge on any atom is 0.143 e. The second-order valence-corrected chi connectivity index (χ2v) is 8.26. The van der Waals surface area contributed by atoms with Crippen LogP contribution in [-0.2, 0) is 0 Å². The lowest BCUT2D eigenvalue weighted by atomic mass is 9.99. The van der Waals surface area contributed by atoms with Crippen molar-refractivity contribution in [3.8, 4) is 22.3 Å². The molecule has 2 heteroatoms. The second-order valence-electron chi connectivity index (χ2n) is 8.26. The number of aromatic amines is 1. The number of hydrogen-bond acceptors (Lipinski definition) is 1. The van der Waals surface area contributed by atoms with Gasteiger partial charge in [-0.3, -0.25) is 0 Å². The summed E-state index contributed by atoms with van der Waals surface area (Å²) in [6.45, 7) is 0. The van der Waals surface area contributed by atoms with Gasteiger partial charge in [-0.05, 0) is 23.3 Å². The summed E-state index contributed by atoms with van der Waals surface area (Å²) in [7, 11) is 0. The molecule has 2 heterocycles. The molecule has 0 amide bonds. The molecule has 0 radical (unpaired) electrons. The van der Waals surface area contributed by atoms with Gasteiger partial charge in [-0.2, -0.15) is 0 Å². The van der Waals surface area contributed by atoms with Crippen LogP contribution in [0.1, 0.15) is 0 Å². The molecule has 0 spiro atoms. The van der Waals surface area contributed by atoms with Crippen LogP contribution in [0.15, 0.2) is 114 Å². The van der Waals surface area contributed by atoms with Crippen LogP contribution in [0.5, 0.6) is 0 Å². The van der Waals surface area contributed by atoms with Crippen LogP contribution in [0.4, 0.5) is 0 Å². The molecule has 0 saturated heterocycles. The molecule has 32 heavy (non-hydrogen) atoms. The van der Waals surface area contributed by atoms with Gasteiger partial charge in [-0.25, -0.2) is 0 Å². The highest BCUT2D eigenvalue weighted by molar-refractivity contribution is 6.14. The number of furan rings is 1. The summed E-state index contributed by atoms with van der Waals surface area (Å²) in [5.41, 5.74) is 8.72. The number of nitrogens with one attached hydrogen (secondary N) is 1. The Balaban J connectivity index is 1.49. The zero-order valence-electron chi connectivity index (χ0n) is 17.3. The van der Waals surface area contributed by atoms with Crippen molar-refractivity contribution >= 4 is 43.7 Å². The monoisotopic (exact) mass is 409 g/mol. The summed E-state index contributed by atoms with van der Waals surface area (Å²) >= 11 is 0. The van der Waals surface area contributed by atoms with Crippen molar-refractivity contribution in [2.45, 2.75) is 0 Å². The third-order valence-electron chi connectivity index (χ3n) is 6.43. The minimum atomic E-state index is 0.932. The van der Waals surface area contributed by atoms with Gasteiger partial charge in [0.15, 0.2) is 0 Å². The van der Waals surface area contributed by atoms with E-state index in [1.165, 1.54) is 16.3 Å². The second kappa shape index (κ2) is 6.60. The fourth-order valence-electron chi connectivity index (χ4n) is 4.91. The summed E-state index contributed by atoms with van der Waals surface area (Å²) in [6.07, 6.45) is 0. The molecule has 0 aliphatic rings. The Morgan fingerprint density at radius 3 is 1.84 bits per heavy atom. The molecular formula is C30H19NO. The molecule has 0 atom stereocenters. The average molecular weight is 409 g/mol. The first kappa shape index (κ1) is 17.4. The topological polar surface area (TPSA) is 28.9 Å². The largest absolute Gasteiger partial charge is 0.455 e. The van der Waals surface area contributed by atoms with Crippen LogP contribution in [0.3, 0.4) is 0 Å². The Morgan fingerprint density at radius 2 is 1.06 bits per heavy atom. The molecule has 0 bridgehead atoms. The van der Waals surface area contributed by atoms with E-state index in [0.717, 1.165) is 49.7 Å². The van der Waals surface area contributed by atoms with Crippen molar-refractivity contribution in [1.82, 2.24) is 4.98 Å². The molecule has 7 aromatic rings. The minimum Gasteiger partial charge on any atom is -0.455 e. The van der Waals surface area contributed by atoms with Gasteiger partial charge >= 0.3 is 0 Å². The Labute approximate surface area is 184 Å². The lowest BCUT2D eigenvalue weighted by Crippen LogP contribution is -1.79. The highest BCUT2D eigenvalue weighted by Crippen LogP contribution is 2.40. The van der Waals surface area contributed by atoms with E-state index < -0.39 is 0 Å². The number of benzene rings is 5. The molecule has 0 aliphatic heterocycles. The van der Waals surface area contributed by atoms with Gasteiger partial charge in [0.2, 0.25) is 0 Å². The number of rotatable bonds is 2. The van der Waals surface area contributed by atoms with E-state index in [2.05, 4.69) is 108 Å². The summed E-state index contributed by atoms with van der Waals surface area (Å²) in [5.74, 6) is 0. The average Bonchev–Trinajstić information content (AvgIpc) is 3.42. The van der Waals surface area contributed by atoms with Gasteiger partial charge in [0.05, 0.1) is 0 Å². The van der Waals surface area contributed by atoms with Crippen molar-refractivity contribution in [2.24, 2.45) is 0 Å². The molecule has 2 aromatic heterocycles. The van der Waals surface area contributed by atoms with Crippen LogP contribution in [-0.4, -0.2) is 4.98 Å². The van der Waals surface area contributed by atoms with Crippen LogP contribution in [0.2, 0.25) is 0 Å². The predicted octanol–water partition coefficient (Wildman–Crippen LogP) is 8.55. The number of para-hydroxylation sites is 3. The first-order valence-corrected chi connectivity index (χ1v) is 10.9. The SMILES string of the molecule is c1ccc(-c2cccc3c2oc2c(-c4ccc5c(c4)[nH]c4ccccc45)cccc23)cc1. The van der Waals surface area contributed by atoms with E-state index in [1.807, 2.05) is 6.07 Å². The van der Waals surface area contributed by atoms with Gasteiger partial charge in [0, 0.05) is 43.7 Å². The quantitative estimate of drug-likeness (QED) is 0.304. The van der Waals surface area contributed by atoms with Gasteiger partial charge in [0.25, 0.3) is 0 Å². The van der Waals surface area contributed by atoms with Gasteiger partial charge in [0.1, 0.15) is 11.2 Å². The smallest absolute Gasteiger partial charge is 0.143 e. The van der Waals surface area contributed by atoms with E-state index >= 15 is 0 Å². The van der Waals surface area contributed by atoms with Crippen LogP contribution in [0, 0.1) is 0 Å². The first-order valence-electron chi connectivity index (χ1n) is 10.9. The third-order valence-corrected chi connectivity index (χ3v) is 6.43. The van der Waals surface area contributed by atoms with E-state index in [0.29, 0.717) is 0 Å². The van der Waals surface area contributed by atoms with Crippen LogP contribution in [0.25, 0.3) is 66.0 Å². The van der Waals surface area contributed by atoms with E-state index in [4.69, 9.17) is 4.42 Å². The molecule has 0 unspecified atom stereocenters. The Kier molecular flexibility index (Phi) is 3.58. The normalized spacial score (nSPS) is 11.8. The lowest BCUT2D eigenvalue weighted by molar-refractivity contribution is 0.671. The maximum atomic E-state index is 6.58. The summed E-state index contributed by atoms with van der Waals surface area (Å²) in [5, 5.41) is 4.79. The van der Waals surface area contributed by atoms with Crippen molar-refractivity contribution in [2.75, 3.05) is 0 Å². The molecule has 1 N–H and O–H groups in total. The van der Waals surface area contributed by atoms with Crippen LogP contribution < -0.4 is 0 Å². The molecule has 2 nitrogen and oxygen atoms in total. The van der Waals surface area contributed by atoms with E-state index in [9.17, 15) is 0 Å². The van der Waals surface area contributed by atoms with Crippen molar-refractivity contribution in [3.05, 3.63) is 109 Å². The molecule has 5 aromatic carbocycles. The Bertz CT molecular complexity index is 1770. The first-order chi connectivity index (χ1) is 15.9. The number of fused-ring (bicyclic) bond motifs is 6. The summed E-state index contributed by atoms with van der Waals surface area (Å²) < 4.78 is 6.58. The molecule has 7 rings (SSSR count). The van der Waals surface area contributed by atoms with Gasteiger partial charge in [-0.1, -0.05) is 97.1 Å². The molecule has 150 valence electrons. The molecule has 0 fully saturated rings. The van der Waals surface area contributed by atoms with Crippen molar-refractivity contribution in [3.63, 3.8) is 0 Å². The van der Waals surface area contributed by atoms with Gasteiger partial charge < -0.3 is 9.40 Å². The highest BCUT2D eigenvalue weighted by Gasteiger charge is 2.16. The van der Waals surface area contributed by atoms with E-state index in [-0.39, 0.29) is 0 Å². The Hall–Kier alpha value is -4.30. The molecule has 0 aliphatic carbocycles. The molecular weight excluding hydrogens is 390 g/mol. The van der Waals surface area contributed by atoms with Crippen molar-refractivity contribution < 1.29 is 4.42 Å². The highest BCUT2D eigenvalue weighted by atomic mass is 16.3. The summed E-state index contributed by atoms with van der Waals surface area (Å²) in [4.78, 5) is 3.56. The minimum absolute atomic E-state index is 0.932. The zero-order valence-corrected chi connectivity index (χ0v) is 17.3.